The highest BCUT2D eigenvalue weighted by atomic mass is 16.5. The van der Waals surface area contributed by atoms with E-state index in [9.17, 15) is 5.11 Å². The van der Waals surface area contributed by atoms with Crippen LogP contribution in [-0.4, -0.2) is 37.0 Å². The predicted octanol–water partition coefficient (Wildman–Crippen LogP) is 2.56. The Kier molecular flexibility index (Phi) is 6.68. The summed E-state index contributed by atoms with van der Waals surface area (Å²) in [6.07, 6.45) is 3.99. The molecule has 0 spiro atoms. The van der Waals surface area contributed by atoms with Gasteiger partial charge in [-0.1, -0.05) is 38.1 Å². The zero-order valence-corrected chi connectivity index (χ0v) is 13.3. The maximum Gasteiger partial charge on any atom is 0.0897 e. The van der Waals surface area contributed by atoms with Crippen LogP contribution < -0.4 is 5.32 Å². The third kappa shape index (κ3) is 5.77. The topological polar surface area (TPSA) is 41.5 Å². The minimum atomic E-state index is -0.409. The molecule has 1 atom stereocenters. The molecule has 1 aromatic rings. The van der Waals surface area contributed by atoms with Gasteiger partial charge in [0.2, 0.25) is 0 Å². The van der Waals surface area contributed by atoms with Crippen molar-refractivity contribution in [2.75, 3.05) is 19.8 Å². The standard InChI is InChI=1S/C18H29NO2/c1-14(2)6-5-9-21-13-18(20)12-19-17-10-15-7-3-4-8-16(15)11-17/h3-4,7-8,14,17-20H,5-6,9-13H2,1-2H3. The van der Waals surface area contributed by atoms with E-state index in [2.05, 4.69) is 43.4 Å². The summed E-state index contributed by atoms with van der Waals surface area (Å²) < 4.78 is 5.53. The van der Waals surface area contributed by atoms with Crippen LogP contribution >= 0.6 is 0 Å². The molecule has 1 aliphatic rings. The Labute approximate surface area is 128 Å². The lowest BCUT2D eigenvalue weighted by Gasteiger charge is -2.16. The molecule has 2 rings (SSSR count). The quantitative estimate of drug-likeness (QED) is 0.687. The highest BCUT2D eigenvalue weighted by Crippen LogP contribution is 2.21. The van der Waals surface area contributed by atoms with Gasteiger partial charge in [-0.25, -0.2) is 0 Å². The minimum absolute atomic E-state index is 0.409. The van der Waals surface area contributed by atoms with E-state index in [1.807, 2.05) is 0 Å². The van der Waals surface area contributed by atoms with Crippen LogP contribution in [-0.2, 0) is 17.6 Å². The number of hydrogen-bond acceptors (Lipinski definition) is 3. The average molecular weight is 291 g/mol. The molecular formula is C18H29NO2. The lowest BCUT2D eigenvalue weighted by atomic mass is 10.1. The van der Waals surface area contributed by atoms with E-state index in [-0.39, 0.29) is 0 Å². The molecule has 0 saturated carbocycles. The fourth-order valence-corrected chi connectivity index (χ4v) is 2.88. The van der Waals surface area contributed by atoms with Crippen LogP contribution in [0, 0.1) is 5.92 Å². The molecule has 2 N–H and O–H groups in total. The first-order valence-corrected chi connectivity index (χ1v) is 8.21. The van der Waals surface area contributed by atoms with E-state index >= 15 is 0 Å². The maximum atomic E-state index is 9.95. The number of rotatable bonds is 9. The van der Waals surface area contributed by atoms with Crippen LogP contribution in [0.25, 0.3) is 0 Å². The number of aliphatic hydroxyl groups excluding tert-OH is 1. The summed E-state index contributed by atoms with van der Waals surface area (Å²) in [4.78, 5) is 0. The van der Waals surface area contributed by atoms with Crippen molar-refractivity contribution < 1.29 is 9.84 Å². The third-order valence-corrected chi connectivity index (χ3v) is 4.07. The summed E-state index contributed by atoms with van der Waals surface area (Å²) in [5.41, 5.74) is 2.88. The molecule has 3 nitrogen and oxygen atoms in total. The van der Waals surface area contributed by atoms with Gasteiger partial charge in [-0.05, 0) is 42.7 Å². The lowest BCUT2D eigenvalue weighted by molar-refractivity contribution is 0.0336. The fourth-order valence-electron chi connectivity index (χ4n) is 2.88. The molecule has 0 fully saturated rings. The van der Waals surface area contributed by atoms with Crippen molar-refractivity contribution in [3.63, 3.8) is 0 Å². The Bertz CT molecular complexity index is 394. The summed E-state index contributed by atoms with van der Waals surface area (Å²) in [7, 11) is 0. The molecule has 1 aromatic carbocycles. The Morgan fingerprint density at radius 1 is 1.24 bits per heavy atom. The molecule has 0 amide bonds. The molecular weight excluding hydrogens is 262 g/mol. The number of aliphatic hydroxyl groups is 1. The largest absolute Gasteiger partial charge is 0.389 e. The minimum Gasteiger partial charge on any atom is -0.389 e. The van der Waals surface area contributed by atoms with Crippen LogP contribution in [0.2, 0.25) is 0 Å². The molecule has 1 unspecified atom stereocenters. The highest BCUT2D eigenvalue weighted by Gasteiger charge is 2.20. The lowest BCUT2D eigenvalue weighted by Crippen LogP contribution is -2.38. The molecule has 0 heterocycles. The SMILES string of the molecule is CC(C)CCCOCC(O)CNC1Cc2ccccc2C1. The number of nitrogens with one attached hydrogen (secondary N) is 1. The Morgan fingerprint density at radius 3 is 2.52 bits per heavy atom. The van der Waals surface area contributed by atoms with E-state index in [1.54, 1.807) is 0 Å². The van der Waals surface area contributed by atoms with Crippen LogP contribution in [0.3, 0.4) is 0 Å². The molecule has 0 radical (unpaired) electrons. The number of benzene rings is 1. The van der Waals surface area contributed by atoms with Gasteiger partial charge in [0.1, 0.15) is 0 Å². The summed E-state index contributed by atoms with van der Waals surface area (Å²) in [6, 6.07) is 9.05. The van der Waals surface area contributed by atoms with Crippen molar-refractivity contribution in [2.24, 2.45) is 5.92 Å². The average Bonchev–Trinajstić information content (AvgIpc) is 2.87. The molecule has 3 heteroatoms. The van der Waals surface area contributed by atoms with Crippen LogP contribution in [0.5, 0.6) is 0 Å². The molecule has 21 heavy (non-hydrogen) atoms. The zero-order chi connectivity index (χ0) is 15.1. The first-order chi connectivity index (χ1) is 10.1. The number of hydrogen-bond donors (Lipinski definition) is 2. The summed E-state index contributed by atoms with van der Waals surface area (Å²) in [5, 5.41) is 13.4. The highest BCUT2D eigenvalue weighted by molar-refractivity contribution is 5.33. The van der Waals surface area contributed by atoms with Gasteiger partial charge in [-0.3, -0.25) is 0 Å². The normalized spacial score (nSPS) is 16.4. The van der Waals surface area contributed by atoms with Crippen LogP contribution in [0.1, 0.15) is 37.8 Å². The molecule has 1 aliphatic carbocycles. The second kappa shape index (κ2) is 8.52. The van der Waals surface area contributed by atoms with Gasteiger partial charge in [0.05, 0.1) is 12.7 Å². The molecule has 0 aromatic heterocycles. The van der Waals surface area contributed by atoms with E-state index in [0.717, 1.165) is 31.8 Å². The maximum absolute atomic E-state index is 9.95. The molecule has 0 aliphatic heterocycles. The van der Waals surface area contributed by atoms with Gasteiger partial charge in [-0.15, -0.1) is 0 Å². The monoisotopic (exact) mass is 291 g/mol. The van der Waals surface area contributed by atoms with Crippen LogP contribution in [0.15, 0.2) is 24.3 Å². The first kappa shape index (κ1) is 16.5. The van der Waals surface area contributed by atoms with Crippen molar-refractivity contribution in [2.45, 2.75) is 51.7 Å². The molecule has 0 bridgehead atoms. The Hall–Kier alpha value is -0.900. The zero-order valence-electron chi connectivity index (χ0n) is 13.3. The van der Waals surface area contributed by atoms with Gasteiger partial charge in [0.15, 0.2) is 0 Å². The van der Waals surface area contributed by atoms with Crippen molar-refractivity contribution in [3.8, 4) is 0 Å². The Morgan fingerprint density at radius 2 is 1.90 bits per heavy atom. The second-order valence-corrected chi connectivity index (χ2v) is 6.55. The van der Waals surface area contributed by atoms with Gasteiger partial charge < -0.3 is 15.2 Å². The van der Waals surface area contributed by atoms with E-state index in [4.69, 9.17) is 4.74 Å². The summed E-state index contributed by atoms with van der Waals surface area (Å²) in [6.45, 7) is 6.24. The van der Waals surface area contributed by atoms with E-state index < -0.39 is 6.10 Å². The summed E-state index contributed by atoms with van der Waals surface area (Å²) >= 11 is 0. The van der Waals surface area contributed by atoms with Crippen LogP contribution in [0.4, 0.5) is 0 Å². The van der Waals surface area contributed by atoms with Crippen molar-refractivity contribution in [1.29, 1.82) is 0 Å². The van der Waals surface area contributed by atoms with Gasteiger partial charge in [-0.2, -0.15) is 0 Å². The molecule has 118 valence electrons. The number of fused-ring (bicyclic) bond motifs is 1. The van der Waals surface area contributed by atoms with Crippen molar-refractivity contribution in [3.05, 3.63) is 35.4 Å². The van der Waals surface area contributed by atoms with E-state index in [1.165, 1.54) is 17.5 Å². The second-order valence-electron chi connectivity index (χ2n) is 6.55. The Balaban J connectivity index is 1.55. The van der Waals surface area contributed by atoms with Crippen molar-refractivity contribution in [1.82, 2.24) is 5.32 Å². The first-order valence-electron chi connectivity index (χ1n) is 8.21. The third-order valence-electron chi connectivity index (χ3n) is 4.07. The van der Waals surface area contributed by atoms with Gasteiger partial charge >= 0.3 is 0 Å². The summed E-state index contributed by atoms with van der Waals surface area (Å²) in [5.74, 6) is 0.726. The number of ether oxygens (including phenoxy) is 1. The van der Waals surface area contributed by atoms with E-state index in [0.29, 0.717) is 19.2 Å². The molecule has 0 saturated heterocycles. The van der Waals surface area contributed by atoms with Crippen molar-refractivity contribution >= 4 is 0 Å². The smallest absolute Gasteiger partial charge is 0.0897 e. The van der Waals surface area contributed by atoms with Gasteiger partial charge in [0.25, 0.3) is 0 Å². The van der Waals surface area contributed by atoms with Gasteiger partial charge in [0, 0.05) is 19.2 Å². The predicted molar refractivity (Wildman–Crippen MR) is 86.5 cm³/mol. The fraction of sp³-hybridized carbons (Fsp3) is 0.667.